The molecule has 16 heavy (non-hydrogen) atoms. The summed E-state index contributed by atoms with van der Waals surface area (Å²) < 4.78 is 4.63. The summed E-state index contributed by atoms with van der Waals surface area (Å²) in [4.78, 5) is 11.7. The summed E-state index contributed by atoms with van der Waals surface area (Å²) in [5, 5.41) is 7.36. The van der Waals surface area contributed by atoms with Crippen LogP contribution in [-0.4, -0.2) is 22.9 Å². The molecule has 0 radical (unpaired) electrons. The minimum Gasteiger partial charge on any atom is -0.364 e. The second-order valence-electron chi connectivity index (χ2n) is 3.91. The Morgan fingerprint density at radius 1 is 1.56 bits per heavy atom. The van der Waals surface area contributed by atoms with E-state index in [1.807, 2.05) is 0 Å². The fourth-order valence-corrected chi connectivity index (χ4v) is 2.42. The predicted octanol–water partition coefficient (Wildman–Crippen LogP) is 2.61. The summed E-state index contributed by atoms with van der Waals surface area (Å²) in [6, 6.07) is 1.56. The molecule has 1 rings (SSSR count). The monoisotopic (exact) mass is 288 g/mol. The van der Waals surface area contributed by atoms with Gasteiger partial charge in [0.25, 0.3) is 5.91 Å². The van der Waals surface area contributed by atoms with Crippen molar-refractivity contribution in [3.8, 4) is 0 Å². The number of nitrogens with zero attached hydrogens (tertiary/aromatic N) is 1. The van der Waals surface area contributed by atoms with Crippen LogP contribution in [0.15, 0.2) is 16.9 Å². The first-order chi connectivity index (χ1) is 7.67. The molecule has 1 aromatic rings. The van der Waals surface area contributed by atoms with E-state index in [1.165, 1.54) is 6.26 Å². The number of nitrogens with one attached hydrogen (secondary N) is 1. The number of carbonyl (C=O) groups excluding carboxylic acids is 1. The van der Waals surface area contributed by atoms with E-state index in [2.05, 4.69) is 44.8 Å². The van der Waals surface area contributed by atoms with Gasteiger partial charge in [-0.05, 0) is 18.3 Å². The van der Waals surface area contributed by atoms with Crippen LogP contribution >= 0.6 is 15.9 Å². The van der Waals surface area contributed by atoms with Crippen molar-refractivity contribution in [2.75, 3.05) is 11.9 Å². The average molecular weight is 289 g/mol. The molecular weight excluding hydrogens is 272 g/mol. The Morgan fingerprint density at radius 3 is 2.69 bits per heavy atom. The van der Waals surface area contributed by atoms with Crippen LogP contribution < -0.4 is 5.32 Å². The van der Waals surface area contributed by atoms with Gasteiger partial charge in [-0.25, -0.2) is 0 Å². The summed E-state index contributed by atoms with van der Waals surface area (Å²) in [6.07, 6.45) is 3.44. The summed E-state index contributed by atoms with van der Waals surface area (Å²) in [5.74, 6) is -0.180. The Morgan fingerprint density at radius 2 is 2.25 bits per heavy atom. The van der Waals surface area contributed by atoms with Crippen LogP contribution in [0.2, 0.25) is 0 Å². The van der Waals surface area contributed by atoms with Gasteiger partial charge in [0.2, 0.25) is 0 Å². The zero-order valence-corrected chi connectivity index (χ0v) is 11.2. The lowest BCUT2D eigenvalue weighted by Gasteiger charge is -2.29. The quantitative estimate of drug-likeness (QED) is 0.819. The van der Waals surface area contributed by atoms with Gasteiger partial charge in [-0.15, -0.1) is 0 Å². The number of hydrogen-bond donors (Lipinski definition) is 1. The first kappa shape index (κ1) is 13.2. The zero-order chi connectivity index (χ0) is 12.0. The molecule has 0 atom stereocenters. The van der Waals surface area contributed by atoms with Gasteiger partial charge >= 0.3 is 0 Å². The SMILES string of the molecule is CCC(CC)(CBr)CNC(=O)c1ccon1. The van der Waals surface area contributed by atoms with E-state index in [1.54, 1.807) is 6.07 Å². The van der Waals surface area contributed by atoms with Crippen molar-refractivity contribution in [1.82, 2.24) is 10.5 Å². The van der Waals surface area contributed by atoms with Crippen LogP contribution in [0, 0.1) is 5.41 Å². The molecule has 0 aliphatic rings. The maximum Gasteiger partial charge on any atom is 0.273 e. The Hall–Kier alpha value is -0.840. The number of rotatable bonds is 6. The van der Waals surface area contributed by atoms with Crippen LogP contribution in [0.1, 0.15) is 37.2 Å². The molecule has 0 aromatic carbocycles. The van der Waals surface area contributed by atoms with Gasteiger partial charge in [-0.3, -0.25) is 4.79 Å². The standard InChI is InChI=1S/C11H17BrN2O2/c1-3-11(4-2,7-12)8-13-10(15)9-5-6-16-14-9/h5-6H,3-4,7-8H2,1-2H3,(H,13,15). The van der Waals surface area contributed by atoms with Crippen molar-refractivity contribution < 1.29 is 9.32 Å². The topological polar surface area (TPSA) is 55.1 Å². The van der Waals surface area contributed by atoms with E-state index in [0.29, 0.717) is 12.2 Å². The van der Waals surface area contributed by atoms with Gasteiger partial charge in [0.05, 0.1) is 0 Å². The Balaban J connectivity index is 2.53. The molecule has 0 bridgehead atoms. The van der Waals surface area contributed by atoms with Crippen LogP contribution in [-0.2, 0) is 0 Å². The first-order valence-corrected chi connectivity index (χ1v) is 6.54. The van der Waals surface area contributed by atoms with E-state index in [-0.39, 0.29) is 11.3 Å². The highest BCUT2D eigenvalue weighted by Gasteiger charge is 2.25. The van der Waals surface area contributed by atoms with Crippen molar-refractivity contribution in [2.24, 2.45) is 5.41 Å². The third-order valence-corrected chi connectivity index (χ3v) is 4.27. The number of amides is 1. The van der Waals surface area contributed by atoms with Crippen LogP contribution in [0.5, 0.6) is 0 Å². The number of aromatic nitrogens is 1. The van der Waals surface area contributed by atoms with Crippen molar-refractivity contribution in [1.29, 1.82) is 0 Å². The van der Waals surface area contributed by atoms with E-state index in [4.69, 9.17) is 0 Å². The minimum atomic E-state index is -0.180. The average Bonchev–Trinajstić information content (AvgIpc) is 2.85. The van der Waals surface area contributed by atoms with Crippen LogP contribution in [0.25, 0.3) is 0 Å². The molecule has 0 spiro atoms. The Labute approximate surface area is 104 Å². The Bertz CT molecular complexity index is 312. The molecule has 1 aromatic heterocycles. The van der Waals surface area contributed by atoms with E-state index in [9.17, 15) is 4.79 Å². The maximum atomic E-state index is 11.7. The van der Waals surface area contributed by atoms with Gasteiger partial charge in [-0.1, -0.05) is 34.9 Å². The molecule has 1 heterocycles. The molecule has 90 valence electrons. The molecule has 1 amide bonds. The lowest BCUT2D eigenvalue weighted by molar-refractivity contribution is 0.0923. The highest BCUT2D eigenvalue weighted by molar-refractivity contribution is 9.09. The van der Waals surface area contributed by atoms with Crippen molar-refractivity contribution in [3.05, 3.63) is 18.0 Å². The largest absolute Gasteiger partial charge is 0.364 e. The molecule has 0 saturated carbocycles. The molecule has 0 fully saturated rings. The zero-order valence-electron chi connectivity index (χ0n) is 9.62. The normalized spacial score (nSPS) is 11.4. The van der Waals surface area contributed by atoms with Crippen LogP contribution in [0.3, 0.4) is 0 Å². The molecule has 4 nitrogen and oxygen atoms in total. The summed E-state index contributed by atoms with van der Waals surface area (Å²) in [7, 11) is 0. The molecule has 5 heteroatoms. The van der Waals surface area contributed by atoms with Gasteiger partial charge in [0.15, 0.2) is 5.69 Å². The highest BCUT2D eigenvalue weighted by atomic mass is 79.9. The smallest absolute Gasteiger partial charge is 0.273 e. The summed E-state index contributed by atoms with van der Waals surface area (Å²) in [5.41, 5.74) is 0.454. The first-order valence-electron chi connectivity index (χ1n) is 5.42. The summed E-state index contributed by atoms with van der Waals surface area (Å²) in [6.45, 7) is 4.91. The molecular formula is C11H17BrN2O2. The van der Waals surface area contributed by atoms with E-state index < -0.39 is 0 Å². The lowest BCUT2D eigenvalue weighted by atomic mass is 9.84. The lowest BCUT2D eigenvalue weighted by Crippen LogP contribution is -2.38. The molecule has 0 aliphatic heterocycles. The van der Waals surface area contributed by atoms with Gasteiger partial charge in [0.1, 0.15) is 6.26 Å². The number of halogens is 1. The van der Waals surface area contributed by atoms with Gasteiger partial charge in [-0.2, -0.15) is 0 Å². The fourth-order valence-electron chi connectivity index (χ4n) is 1.42. The minimum absolute atomic E-state index is 0.124. The third kappa shape index (κ3) is 3.07. The number of carbonyl (C=O) groups is 1. The second-order valence-corrected chi connectivity index (χ2v) is 4.47. The molecule has 0 unspecified atom stereocenters. The predicted molar refractivity (Wildman–Crippen MR) is 65.6 cm³/mol. The van der Waals surface area contributed by atoms with Crippen molar-refractivity contribution in [3.63, 3.8) is 0 Å². The van der Waals surface area contributed by atoms with Crippen molar-refractivity contribution >= 4 is 21.8 Å². The van der Waals surface area contributed by atoms with E-state index >= 15 is 0 Å². The fraction of sp³-hybridized carbons (Fsp3) is 0.636. The van der Waals surface area contributed by atoms with Gasteiger partial charge in [0, 0.05) is 17.9 Å². The third-order valence-electron chi connectivity index (χ3n) is 3.08. The molecule has 1 N–H and O–H groups in total. The molecule has 0 aliphatic carbocycles. The highest BCUT2D eigenvalue weighted by Crippen LogP contribution is 2.27. The maximum absolute atomic E-state index is 11.7. The van der Waals surface area contributed by atoms with Gasteiger partial charge < -0.3 is 9.84 Å². The Kier molecular flexibility index (Phi) is 4.99. The molecule has 0 saturated heterocycles. The van der Waals surface area contributed by atoms with Crippen LogP contribution in [0.4, 0.5) is 0 Å². The summed E-state index contributed by atoms with van der Waals surface area (Å²) >= 11 is 3.51. The number of alkyl halides is 1. The number of hydrogen-bond acceptors (Lipinski definition) is 3. The second kappa shape index (κ2) is 6.03. The van der Waals surface area contributed by atoms with E-state index in [0.717, 1.165) is 18.2 Å². The van der Waals surface area contributed by atoms with Crippen molar-refractivity contribution in [2.45, 2.75) is 26.7 Å².